The predicted molar refractivity (Wildman–Crippen MR) is 53.5 cm³/mol. The second kappa shape index (κ2) is 5.54. The third-order valence-electron chi connectivity index (χ3n) is 1.26. The van der Waals surface area contributed by atoms with Crippen molar-refractivity contribution in [2.45, 2.75) is 11.1 Å². The number of hydrogen-bond acceptors (Lipinski definition) is 5. The minimum Gasteiger partial charge on any atom is -0.394 e. The SMILES string of the molecule is OCC(O)CSc1ncncc1Br. The van der Waals surface area contributed by atoms with Crippen molar-refractivity contribution in [3.63, 3.8) is 0 Å². The quantitative estimate of drug-likeness (QED) is 0.619. The van der Waals surface area contributed by atoms with Crippen molar-refractivity contribution in [3.8, 4) is 0 Å². The first-order chi connectivity index (χ1) is 6.24. The Morgan fingerprint density at radius 2 is 2.38 bits per heavy atom. The fraction of sp³-hybridized carbons (Fsp3) is 0.429. The Kier molecular flexibility index (Phi) is 4.65. The van der Waals surface area contributed by atoms with E-state index in [2.05, 4.69) is 25.9 Å². The first kappa shape index (κ1) is 10.9. The molecule has 0 spiro atoms. The summed E-state index contributed by atoms with van der Waals surface area (Å²) in [5.74, 6) is 0.423. The van der Waals surface area contributed by atoms with Crippen molar-refractivity contribution < 1.29 is 10.2 Å². The Labute approximate surface area is 88.5 Å². The third kappa shape index (κ3) is 3.60. The number of thioether (sulfide) groups is 1. The molecule has 0 aliphatic rings. The third-order valence-corrected chi connectivity index (χ3v) is 3.25. The molecule has 1 aromatic heterocycles. The highest BCUT2D eigenvalue weighted by molar-refractivity contribution is 9.10. The van der Waals surface area contributed by atoms with Gasteiger partial charge in [-0.1, -0.05) is 0 Å². The van der Waals surface area contributed by atoms with Crippen molar-refractivity contribution >= 4 is 27.7 Å². The highest BCUT2D eigenvalue weighted by atomic mass is 79.9. The largest absolute Gasteiger partial charge is 0.394 e. The minimum absolute atomic E-state index is 0.226. The maximum atomic E-state index is 9.08. The van der Waals surface area contributed by atoms with Crippen LogP contribution in [0.15, 0.2) is 22.0 Å². The molecule has 0 saturated heterocycles. The van der Waals surface area contributed by atoms with Crippen LogP contribution in [-0.2, 0) is 0 Å². The van der Waals surface area contributed by atoms with Crippen LogP contribution < -0.4 is 0 Å². The van der Waals surface area contributed by atoms with Gasteiger partial charge in [0.05, 0.1) is 17.2 Å². The molecule has 1 atom stereocenters. The Balaban J connectivity index is 2.50. The molecule has 1 aromatic rings. The summed E-state index contributed by atoms with van der Waals surface area (Å²) < 4.78 is 0.796. The summed E-state index contributed by atoms with van der Waals surface area (Å²) in [6.07, 6.45) is 2.38. The Hall–Kier alpha value is -0.170. The first-order valence-corrected chi connectivity index (χ1v) is 5.39. The van der Waals surface area contributed by atoms with E-state index in [9.17, 15) is 0 Å². The molecule has 1 heterocycles. The lowest BCUT2D eigenvalue weighted by molar-refractivity contribution is 0.113. The van der Waals surface area contributed by atoms with Gasteiger partial charge in [-0.2, -0.15) is 0 Å². The molecule has 0 aromatic carbocycles. The zero-order valence-corrected chi connectivity index (χ0v) is 9.12. The van der Waals surface area contributed by atoms with Gasteiger partial charge in [-0.05, 0) is 15.9 Å². The molecule has 0 amide bonds. The fourth-order valence-electron chi connectivity index (χ4n) is 0.635. The van der Waals surface area contributed by atoms with Gasteiger partial charge in [-0.3, -0.25) is 0 Å². The molecule has 13 heavy (non-hydrogen) atoms. The molecule has 6 heteroatoms. The van der Waals surface area contributed by atoms with Crippen LogP contribution in [0.5, 0.6) is 0 Å². The van der Waals surface area contributed by atoms with Gasteiger partial charge in [-0.15, -0.1) is 11.8 Å². The summed E-state index contributed by atoms with van der Waals surface area (Å²) >= 11 is 4.65. The minimum atomic E-state index is -0.702. The molecule has 1 unspecified atom stereocenters. The van der Waals surface area contributed by atoms with Crippen LogP contribution in [-0.4, -0.2) is 38.6 Å². The van der Waals surface area contributed by atoms with E-state index >= 15 is 0 Å². The monoisotopic (exact) mass is 264 g/mol. The van der Waals surface area contributed by atoms with E-state index in [-0.39, 0.29) is 6.61 Å². The molecule has 2 N–H and O–H groups in total. The van der Waals surface area contributed by atoms with E-state index in [1.165, 1.54) is 18.1 Å². The molecule has 0 aliphatic carbocycles. The number of rotatable bonds is 4. The number of hydrogen-bond donors (Lipinski definition) is 2. The standard InChI is InChI=1S/C7H9BrN2O2S/c8-6-1-9-4-10-7(6)13-3-5(12)2-11/h1,4-5,11-12H,2-3H2. The van der Waals surface area contributed by atoms with Crippen molar-refractivity contribution in [2.75, 3.05) is 12.4 Å². The van der Waals surface area contributed by atoms with Crippen molar-refractivity contribution in [2.24, 2.45) is 0 Å². The lowest BCUT2D eigenvalue weighted by Gasteiger charge is -2.06. The normalized spacial score (nSPS) is 12.8. The zero-order chi connectivity index (χ0) is 9.68. The lowest BCUT2D eigenvalue weighted by Crippen LogP contribution is -2.14. The second-order valence-electron chi connectivity index (χ2n) is 2.32. The molecule has 4 nitrogen and oxygen atoms in total. The average Bonchev–Trinajstić information content (AvgIpc) is 2.16. The maximum Gasteiger partial charge on any atom is 0.116 e. The van der Waals surface area contributed by atoms with Crippen LogP contribution >= 0.6 is 27.7 Å². The van der Waals surface area contributed by atoms with Crippen LogP contribution in [0, 0.1) is 0 Å². The van der Waals surface area contributed by atoms with Gasteiger partial charge in [-0.25, -0.2) is 9.97 Å². The number of aliphatic hydroxyl groups excluding tert-OH is 2. The van der Waals surface area contributed by atoms with Crippen LogP contribution in [0.3, 0.4) is 0 Å². The lowest BCUT2D eigenvalue weighted by atomic mass is 10.4. The Morgan fingerprint density at radius 1 is 1.62 bits per heavy atom. The maximum absolute atomic E-state index is 9.08. The number of nitrogens with zero attached hydrogens (tertiary/aromatic N) is 2. The molecule has 0 aliphatic heterocycles. The summed E-state index contributed by atoms with van der Waals surface area (Å²) in [5.41, 5.74) is 0. The highest BCUT2D eigenvalue weighted by Crippen LogP contribution is 2.23. The van der Waals surface area contributed by atoms with Crippen LogP contribution in [0.2, 0.25) is 0 Å². The first-order valence-electron chi connectivity index (χ1n) is 3.61. The smallest absolute Gasteiger partial charge is 0.116 e. The molecule has 0 fully saturated rings. The molecular formula is C7H9BrN2O2S. The highest BCUT2D eigenvalue weighted by Gasteiger charge is 2.06. The van der Waals surface area contributed by atoms with Gasteiger partial charge in [0.15, 0.2) is 0 Å². The van der Waals surface area contributed by atoms with E-state index in [0.29, 0.717) is 5.75 Å². The zero-order valence-electron chi connectivity index (χ0n) is 6.72. The fourth-order valence-corrected chi connectivity index (χ4v) is 1.97. The summed E-state index contributed by atoms with van der Waals surface area (Å²) in [7, 11) is 0. The van der Waals surface area contributed by atoms with Crippen molar-refractivity contribution in [3.05, 3.63) is 17.0 Å². The predicted octanol–water partition coefficient (Wildman–Crippen LogP) is 0.684. The number of aromatic nitrogens is 2. The van der Waals surface area contributed by atoms with E-state index in [4.69, 9.17) is 10.2 Å². The number of aliphatic hydroxyl groups is 2. The summed E-state index contributed by atoms with van der Waals surface area (Å²) in [4.78, 5) is 7.81. The van der Waals surface area contributed by atoms with E-state index < -0.39 is 6.10 Å². The van der Waals surface area contributed by atoms with Gasteiger partial charge in [0.25, 0.3) is 0 Å². The van der Waals surface area contributed by atoms with E-state index in [0.717, 1.165) is 9.50 Å². The van der Waals surface area contributed by atoms with Crippen LogP contribution in [0.1, 0.15) is 0 Å². The second-order valence-corrected chi connectivity index (χ2v) is 4.19. The van der Waals surface area contributed by atoms with Gasteiger partial charge >= 0.3 is 0 Å². The summed E-state index contributed by atoms with van der Waals surface area (Å²) in [5, 5.41) is 18.4. The summed E-state index contributed by atoms with van der Waals surface area (Å²) in [6.45, 7) is -0.226. The molecule has 0 radical (unpaired) electrons. The van der Waals surface area contributed by atoms with Gasteiger partial charge in [0.1, 0.15) is 11.4 Å². The van der Waals surface area contributed by atoms with E-state index in [1.54, 1.807) is 6.20 Å². The van der Waals surface area contributed by atoms with Crippen LogP contribution in [0.4, 0.5) is 0 Å². The van der Waals surface area contributed by atoms with Gasteiger partial charge in [0.2, 0.25) is 0 Å². The van der Waals surface area contributed by atoms with Crippen LogP contribution in [0.25, 0.3) is 0 Å². The van der Waals surface area contributed by atoms with Crippen molar-refractivity contribution in [1.82, 2.24) is 9.97 Å². The Morgan fingerprint density at radius 3 is 3.00 bits per heavy atom. The molecular weight excluding hydrogens is 256 g/mol. The molecule has 1 rings (SSSR count). The molecule has 0 saturated carbocycles. The van der Waals surface area contributed by atoms with E-state index in [1.807, 2.05) is 0 Å². The van der Waals surface area contributed by atoms with Gasteiger partial charge < -0.3 is 10.2 Å². The average molecular weight is 265 g/mol. The Bertz CT molecular complexity index is 274. The number of halogens is 1. The molecule has 0 bridgehead atoms. The topological polar surface area (TPSA) is 66.2 Å². The van der Waals surface area contributed by atoms with Gasteiger partial charge in [0, 0.05) is 11.9 Å². The summed E-state index contributed by atoms with van der Waals surface area (Å²) in [6, 6.07) is 0. The molecule has 72 valence electrons. The van der Waals surface area contributed by atoms with Crippen molar-refractivity contribution in [1.29, 1.82) is 0 Å².